The Morgan fingerprint density at radius 3 is 2.61 bits per heavy atom. The Balaban J connectivity index is 2.61. The Kier molecular flexibility index (Phi) is 5.84. The van der Waals surface area contributed by atoms with E-state index in [4.69, 9.17) is 0 Å². The van der Waals surface area contributed by atoms with E-state index in [1.54, 1.807) is 19.1 Å². The normalized spacial score (nSPS) is 11.4. The molecule has 0 aliphatic carbocycles. The van der Waals surface area contributed by atoms with Gasteiger partial charge in [0, 0.05) is 12.6 Å². The van der Waals surface area contributed by atoms with Crippen LogP contribution < -0.4 is 5.32 Å². The zero-order valence-electron chi connectivity index (χ0n) is 10.0. The van der Waals surface area contributed by atoms with Crippen molar-refractivity contribution in [1.82, 2.24) is 5.32 Å². The molecule has 0 aliphatic rings. The first-order chi connectivity index (χ1) is 8.63. The van der Waals surface area contributed by atoms with Gasteiger partial charge in [0.1, 0.15) is 0 Å². The van der Waals surface area contributed by atoms with E-state index >= 15 is 0 Å². The topological polar surface area (TPSA) is 38.3 Å². The molecular formula is C13H15F2NO2. The maximum Gasteiger partial charge on any atom is 0.332 e. The predicted octanol–water partition coefficient (Wildman–Crippen LogP) is 2.49. The molecule has 0 aliphatic heterocycles. The quantitative estimate of drug-likeness (QED) is 0.627. The maximum atomic E-state index is 12.7. The summed E-state index contributed by atoms with van der Waals surface area (Å²) in [5, 5.41) is 2.54. The van der Waals surface area contributed by atoms with Crippen molar-refractivity contribution in [3.8, 4) is 0 Å². The van der Waals surface area contributed by atoms with E-state index in [1.165, 1.54) is 0 Å². The number of carbonyl (C=O) groups excluding carboxylic acids is 1. The van der Waals surface area contributed by atoms with Crippen LogP contribution in [0.15, 0.2) is 42.1 Å². The standard InChI is InChI=1S/C13H15F2NO2/c1-2-18-12(17)8-11(13(14)15)16-9-10-6-4-3-5-7-10/h3-8,13,16H,2,9H2,1H3. The number of hydrogen-bond donors (Lipinski definition) is 1. The highest BCUT2D eigenvalue weighted by molar-refractivity contribution is 5.82. The summed E-state index contributed by atoms with van der Waals surface area (Å²) in [6.45, 7) is 2.01. The summed E-state index contributed by atoms with van der Waals surface area (Å²) in [6.07, 6.45) is -1.95. The number of esters is 1. The molecule has 0 fully saturated rings. The molecule has 0 aromatic heterocycles. The molecule has 1 N–H and O–H groups in total. The number of benzene rings is 1. The molecule has 0 atom stereocenters. The zero-order chi connectivity index (χ0) is 13.4. The number of allylic oxidation sites excluding steroid dienone is 1. The van der Waals surface area contributed by atoms with Crippen LogP contribution in [0.1, 0.15) is 12.5 Å². The van der Waals surface area contributed by atoms with Crippen LogP contribution >= 0.6 is 0 Å². The molecule has 3 nitrogen and oxygen atoms in total. The summed E-state index contributed by atoms with van der Waals surface area (Å²) in [5.41, 5.74) is 0.421. The van der Waals surface area contributed by atoms with Crippen molar-refractivity contribution in [2.24, 2.45) is 0 Å². The largest absolute Gasteiger partial charge is 0.463 e. The summed E-state index contributed by atoms with van der Waals surface area (Å²) >= 11 is 0. The average Bonchev–Trinajstić information content (AvgIpc) is 2.35. The van der Waals surface area contributed by atoms with Crippen molar-refractivity contribution in [2.75, 3.05) is 6.61 Å². The number of nitrogens with one attached hydrogen (secondary N) is 1. The smallest absolute Gasteiger partial charge is 0.332 e. The molecule has 1 rings (SSSR count). The molecular weight excluding hydrogens is 240 g/mol. The second kappa shape index (κ2) is 7.42. The Morgan fingerprint density at radius 1 is 1.39 bits per heavy atom. The van der Waals surface area contributed by atoms with Gasteiger partial charge in [0.05, 0.1) is 12.3 Å². The van der Waals surface area contributed by atoms with Gasteiger partial charge in [-0.05, 0) is 12.5 Å². The minimum absolute atomic E-state index is 0.157. The first-order valence-corrected chi connectivity index (χ1v) is 5.57. The van der Waals surface area contributed by atoms with Gasteiger partial charge in [-0.1, -0.05) is 30.3 Å². The molecule has 0 amide bonds. The van der Waals surface area contributed by atoms with E-state index in [0.29, 0.717) is 0 Å². The summed E-state index contributed by atoms with van der Waals surface area (Å²) in [4.78, 5) is 11.1. The molecule has 0 bridgehead atoms. The molecule has 98 valence electrons. The monoisotopic (exact) mass is 255 g/mol. The second-order valence-corrected chi connectivity index (χ2v) is 3.49. The van der Waals surface area contributed by atoms with Gasteiger partial charge in [-0.3, -0.25) is 0 Å². The lowest BCUT2D eigenvalue weighted by atomic mass is 10.2. The van der Waals surface area contributed by atoms with Crippen LogP contribution in [0.2, 0.25) is 0 Å². The number of carbonyl (C=O) groups is 1. The molecule has 0 radical (unpaired) electrons. The molecule has 0 spiro atoms. The average molecular weight is 255 g/mol. The number of ether oxygens (including phenoxy) is 1. The number of halogens is 2. The van der Waals surface area contributed by atoms with Crippen LogP contribution in [0, 0.1) is 0 Å². The van der Waals surface area contributed by atoms with Gasteiger partial charge >= 0.3 is 5.97 Å². The van der Waals surface area contributed by atoms with Crippen molar-refractivity contribution in [3.63, 3.8) is 0 Å². The summed E-state index contributed by atoms with van der Waals surface area (Å²) < 4.78 is 29.9. The van der Waals surface area contributed by atoms with Crippen molar-refractivity contribution in [3.05, 3.63) is 47.7 Å². The third-order valence-electron chi connectivity index (χ3n) is 2.13. The van der Waals surface area contributed by atoms with Crippen LogP contribution in [-0.2, 0) is 16.1 Å². The van der Waals surface area contributed by atoms with Crippen LogP contribution in [0.5, 0.6) is 0 Å². The molecule has 0 unspecified atom stereocenters. The van der Waals surface area contributed by atoms with E-state index in [1.807, 2.05) is 18.2 Å². The SMILES string of the molecule is CCOC(=O)C=C(NCc1ccccc1)C(F)F. The van der Waals surface area contributed by atoms with Gasteiger partial charge in [0.2, 0.25) is 0 Å². The van der Waals surface area contributed by atoms with E-state index in [0.717, 1.165) is 11.6 Å². The van der Waals surface area contributed by atoms with Crippen molar-refractivity contribution >= 4 is 5.97 Å². The van der Waals surface area contributed by atoms with E-state index in [9.17, 15) is 13.6 Å². The number of hydrogen-bond acceptors (Lipinski definition) is 3. The Morgan fingerprint density at radius 2 is 2.06 bits per heavy atom. The fourth-order valence-corrected chi connectivity index (χ4v) is 1.30. The highest BCUT2D eigenvalue weighted by atomic mass is 19.3. The lowest BCUT2D eigenvalue weighted by Gasteiger charge is -2.10. The summed E-state index contributed by atoms with van der Waals surface area (Å²) in [5.74, 6) is -0.770. The van der Waals surface area contributed by atoms with Crippen LogP contribution in [0.4, 0.5) is 8.78 Å². The minimum Gasteiger partial charge on any atom is -0.463 e. The molecule has 18 heavy (non-hydrogen) atoms. The molecule has 0 heterocycles. The fraction of sp³-hybridized carbons (Fsp3) is 0.308. The van der Waals surface area contributed by atoms with Crippen LogP contribution in [0.25, 0.3) is 0 Å². The number of alkyl halides is 2. The lowest BCUT2D eigenvalue weighted by Crippen LogP contribution is -2.20. The predicted molar refractivity (Wildman–Crippen MR) is 64.0 cm³/mol. The lowest BCUT2D eigenvalue weighted by molar-refractivity contribution is -0.137. The third kappa shape index (κ3) is 4.95. The van der Waals surface area contributed by atoms with Gasteiger partial charge in [-0.15, -0.1) is 0 Å². The van der Waals surface area contributed by atoms with Gasteiger partial charge in [-0.2, -0.15) is 0 Å². The Bertz CT molecular complexity index is 405. The van der Waals surface area contributed by atoms with E-state index in [-0.39, 0.29) is 13.2 Å². The van der Waals surface area contributed by atoms with Gasteiger partial charge in [0.25, 0.3) is 6.43 Å². The summed E-state index contributed by atoms with van der Waals surface area (Å²) in [6, 6.07) is 9.08. The van der Waals surface area contributed by atoms with E-state index in [2.05, 4.69) is 10.1 Å². The fourth-order valence-electron chi connectivity index (χ4n) is 1.30. The summed E-state index contributed by atoms with van der Waals surface area (Å²) in [7, 11) is 0. The molecule has 1 aromatic rings. The molecule has 1 aromatic carbocycles. The highest BCUT2D eigenvalue weighted by Crippen LogP contribution is 2.07. The molecule has 0 saturated carbocycles. The zero-order valence-corrected chi connectivity index (χ0v) is 10.0. The van der Waals surface area contributed by atoms with E-state index < -0.39 is 18.1 Å². The Labute approximate surface area is 104 Å². The van der Waals surface area contributed by atoms with Crippen molar-refractivity contribution < 1.29 is 18.3 Å². The van der Waals surface area contributed by atoms with Gasteiger partial charge in [0.15, 0.2) is 0 Å². The first-order valence-electron chi connectivity index (χ1n) is 5.57. The van der Waals surface area contributed by atoms with Crippen molar-refractivity contribution in [2.45, 2.75) is 19.9 Å². The van der Waals surface area contributed by atoms with Gasteiger partial charge < -0.3 is 10.1 Å². The number of rotatable bonds is 6. The molecule has 5 heteroatoms. The van der Waals surface area contributed by atoms with Crippen LogP contribution in [0.3, 0.4) is 0 Å². The second-order valence-electron chi connectivity index (χ2n) is 3.49. The van der Waals surface area contributed by atoms with Gasteiger partial charge in [-0.25, -0.2) is 13.6 Å². The first kappa shape index (κ1) is 14.2. The highest BCUT2D eigenvalue weighted by Gasteiger charge is 2.13. The maximum absolute atomic E-state index is 12.7. The Hall–Kier alpha value is -1.91. The van der Waals surface area contributed by atoms with Crippen LogP contribution in [-0.4, -0.2) is 19.0 Å². The molecule has 0 saturated heterocycles. The van der Waals surface area contributed by atoms with Crippen molar-refractivity contribution in [1.29, 1.82) is 0 Å². The minimum atomic E-state index is -2.74. The third-order valence-corrected chi connectivity index (χ3v) is 2.13.